The van der Waals surface area contributed by atoms with Crippen molar-refractivity contribution in [2.24, 2.45) is 5.73 Å². The number of amides is 1. The van der Waals surface area contributed by atoms with Crippen LogP contribution in [0.3, 0.4) is 0 Å². The molecule has 0 aromatic carbocycles. The van der Waals surface area contributed by atoms with E-state index in [0.717, 1.165) is 26.2 Å². The van der Waals surface area contributed by atoms with Gasteiger partial charge >= 0.3 is 0 Å². The average Bonchev–Trinajstić information content (AvgIpc) is 2.39. The minimum absolute atomic E-state index is 0.174. The van der Waals surface area contributed by atoms with Crippen LogP contribution >= 0.6 is 0 Å². The molecule has 1 saturated heterocycles. The van der Waals surface area contributed by atoms with Gasteiger partial charge in [-0.3, -0.25) is 14.6 Å². The zero-order valence-electron chi connectivity index (χ0n) is 11.8. The molecule has 0 radical (unpaired) electrons. The second-order valence-electron chi connectivity index (χ2n) is 5.58. The lowest BCUT2D eigenvalue weighted by atomic mass is 10.0. The first-order chi connectivity index (χ1) is 9.15. The molecule has 2 N–H and O–H groups in total. The highest BCUT2D eigenvalue weighted by Gasteiger charge is 2.26. The number of allylic oxidation sites excluding steroid dienone is 1. The Kier molecular flexibility index (Phi) is 5.36. The maximum absolute atomic E-state index is 10.9. The van der Waals surface area contributed by atoms with E-state index in [-0.39, 0.29) is 12.0 Å². The zero-order chi connectivity index (χ0) is 13.7. The average molecular weight is 267 g/mol. The van der Waals surface area contributed by atoms with E-state index in [0.29, 0.717) is 12.6 Å². The number of primary amides is 1. The molecule has 1 aliphatic carbocycles. The van der Waals surface area contributed by atoms with Crippen LogP contribution in [0.4, 0.5) is 0 Å². The Hall–Kier alpha value is -0.910. The Bertz CT molecular complexity index is 333. The summed E-state index contributed by atoms with van der Waals surface area (Å²) in [5.74, 6) is -0.287. The number of carbonyl (C=O) groups is 1. The molecule has 5 nitrogen and oxygen atoms in total. The summed E-state index contributed by atoms with van der Waals surface area (Å²) in [5.41, 5.74) is 5.20. The first-order valence-corrected chi connectivity index (χ1v) is 7.14. The number of carbonyl (C=O) groups excluding carboxylic acids is 1. The summed E-state index contributed by atoms with van der Waals surface area (Å²) in [5, 5.41) is 0. The van der Waals surface area contributed by atoms with Gasteiger partial charge in [0.2, 0.25) is 5.91 Å². The van der Waals surface area contributed by atoms with Crippen LogP contribution in [0.15, 0.2) is 12.2 Å². The number of likely N-dealkylation sites (N-methyl/N-ethyl adjacent to an activating group) is 1. The molecule has 1 fully saturated rings. The molecular weight excluding hydrogens is 242 g/mol. The summed E-state index contributed by atoms with van der Waals surface area (Å²) in [7, 11) is 1.91. The Morgan fingerprint density at radius 2 is 2.42 bits per heavy atom. The lowest BCUT2D eigenvalue weighted by molar-refractivity contribution is -0.119. The normalized spacial score (nSPS) is 28.7. The van der Waals surface area contributed by atoms with Crippen LogP contribution in [0.2, 0.25) is 0 Å². The van der Waals surface area contributed by atoms with Gasteiger partial charge in [-0.1, -0.05) is 12.2 Å². The predicted octanol–water partition coefficient (Wildman–Crippen LogP) is 0.213. The monoisotopic (exact) mass is 267 g/mol. The fourth-order valence-corrected chi connectivity index (χ4v) is 2.93. The van der Waals surface area contributed by atoms with E-state index >= 15 is 0 Å². The Labute approximate surface area is 115 Å². The smallest absolute Gasteiger partial charge is 0.231 e. The molecule has 19 heavy (non-hydrogen) atoms. The van der Waals surface area contributed by atoms with Crippen molar-refractivity contribution in [1.82, 2.24) is 9.80 Å². The van der Waals surface area contributed by atoms with Gasteiger partial charge in [0, 0.05) is 25.7 Å². The molecule has 2 atom stereocenters. The zero-order valence-corrected chi connectivity index (χ0v) is 11.8. The fraction of sp³-hybridized carbons (Fsp3) is 0.786. The molecule has 1 heterocycles. The molecule has 5 heteroatoms. The molecule has 108 valence electrons. The molecule has 0 unspecified atom stereocenters. The predicted molar refractivity (Wildman–Crippen MR) is 74.8 cm³/mol. The summed E-state index contributed by atoms with van der Waals surface area (Å²) in [4.78, 5) is 15.3. The first kappa shape index (κ1) is 14.5. The van der Waals surface area contributed by atoms with Crippen molar-refractivity contribution in [3.63, 3.8) is 0 Å². The maximum atomic E-state index is 10.9. The summed E-state index contributed by atoms with van der Waals surface area (Å²) in [6, 6.07) is 0.571. The van der Waals surface area contributed by atoms with Crippen LogP contribution < -0.4 is 5.73 Å². The summed E-state index contributed by atoms with van der Waals surface area (Å²) in [6.07, 6.45) is 8.54. The lowest BCUT2D eigenvalue weighted by Crippen LogP contribution is -2.51. The van der Waals surface area contributed by atoms with Crippen molar-refractivity contribution in [3.05, 3.63) is 12.2 Å². The van der Waals surface area contributed by atoms with E-state index < -0.39 is 0 Å². The Morgan fingerprint density at radius 3 is 3.11 bits per heavy atom. The van der Waals surface area contributed by atoms with Gasteiger partial charge in [0.1, 0.15) is 0 Å². The number of nitrogens with zero attached hydrogens (tertiary/aromatic N) is 2. The van der Waals surface area contributed by atoms with Gasteiger partial charge in [-0.05, 0) is 26.3 Å². The van der Waals surface area contributed by atoms with Gasteiger partial charge in [0.25, 0.3) is 0 Å². The molecule has 0 aromatic heterocycles. The van der Waals surface area contributed by atoms with E-state index in [2.05, 4.69) is 17.1 Å². The molecular formula is C14H25N3O2. The number of hydrogen-bond donors (Lipinski definition) is 1. The molecule has 1 amide bonds. The van der Waals surface area contributed by atoms with Crippen molar-refractivity contribution in [3.8, 4) is 0 Å². The quantitative estimate of drug-likeness (QED) is 0.724. The lowest BCUT2D eigenvalue weighted by Gasteiger charge is -2.39. The minimum atomic E-state index is -0.287. The van der Waals surface area contributed by atoms with Crippen LogP contribution in [0.5, 0.6) is 0 Å². The van der Waals surface area contributed by atoms with Crippen LogP contribution in [0, 0.1) is 0 Å². The summed E-state index contributed by atoms with van der Waals surface area (Å²) in [6.45, 7) is 3.78. The Morgan fingerprint density at radius 1 is 1.58 bits per heavy atom. The number of hydrogen-bond acceptors (Lipinski definition) is 4. The standard InChI is InChI=1S/C14H25N3O2/c1-16(11-14(15)18)9-13-10-17(7-8-19-13)12-5-3-2-4-6-12/h3,5,12-13H,2,4,6-11H2,1H3,(H2,15,18)/t12-,13+/m0/s1. The molecule has 0 saturated carbocycles. The van der Waals surface area contributed by atoms with Gasteiger partial charge in [-0.2, -0.15) is 0 Å². The topological polar surface area (TPSA) is 58.8 Å². The van der Waals surface area contributed by atoms with E-state index in [9.17, 15) is 4.79 Å². The van der Waals surface area contributed by atoms with Crippen LogP contribution in [0.1, 0.15) is 19.3 Å². The number of rotatable bonds is 5. The number of morpholine rings is 1. The first-order valence-electron chi connectivity index (χ1n) is 7.14. The molecule has 2 rings (SSSR count). The van der Waals surface area contributed by atoms with Gasteiger partial charge in [0.15, 0.2) is 0 Å². The van der Waals surface area contributed by atoms with Crippen LogP contribution in [0.25, 0.3) is 0 Å². The third-order valence-corrected chi connectivity index (χ3v) is 3.81. The molecule has 0 spiro atoms. The highest BCUT2D eigenvalue weighted by Crippen LogP contribution is 2.19. The largest absolute Gasteiger partial charge is 0.374 e. The third kappa shape index (κ3) is 4.60. The van der Waals surface area contributed by atoms with E-state index in [1.165, 1.54) is 19.3 Å². The van der Waals surface area contributed by atoms with Gasteiger partial charge in [0.05, 0.1) is 19.3 Å². The SMILES string of the molecule is CN(CC(N)=O)C[C@@H]1CN([C@H]2C=CCCC2)CCO1. The van der Waals surface area contributed by atoms with E-state index in [1.807, 2.05) is 11.9 Å². The van der Waals surface area contributed by atoms with Crippen molar-refractivity contribution >= 4 is 5.91 Å². The van der Waals surface area contributed by atoms with Gasteiger partial charge in [-0.25, -0.2) is 0 Å². The van der Waals surface area contributed by atoms with Crippen molar-refractivity contribution < 1.29 is 9.53 Å². The molecule has 2 aliphatic rings. The number of ether oxygens (including phenoxy) is 1. The highest BCUT2D eigenvalue weighted by molar-refractivity contribution is 5.75. The van der Waals surface area contributed by atoms with Gasteiger partial charge < -0.3 is 10.5 Å². The summed E-state index contributed by atoms with van der Waals surface area (Å²) < 4.78 is 5.79. The van der Waals surface area contributed by atoms with E-state index in [4.69, 9.17) is 10.5 Å². The summed E-state index contributed by atoms with van der Waals surface area (Å²) >= 11 is 0. The van der Waals surface area contributed by atoms with Crippen molar-refractivity contribution in [2.75, 3.05) is 39.8 Å². The highest BCUT2D eigenvalue weighted by atomic mass is 16.5. The second-order valence-corrected chi connectivity index (χ2v) is 5.58. The molecule has 1 aliphatic heterocycles. The minimum Gasteiger partial charge on any atom is -0.374 e. The molecule has 0 aromatic rings. The molecule has 0 bridgehead atoms. The maximum Gasteiger partial charge on any atom is 0.231 e. The third-order valence-electron chi connectivity index (χ3n) is 3.81. The van der Waals surface area contributed by atoms with Crippen molar-refractivity contribution in [1.29, 1.82) is 0 Å². The fourth-order valence-electron chi connectivity index (χ4n) is 2.93. The number of nitrogens with two attached hydrogens (primary N) is 1. The second kappa shape index (κ2) is 7.03. The van der Waals surface area contributed by atoms with Crippen molar-refractivity contribution in [2.45, 2.75) is 31.4 Å². The van der Waals surface area contributed by atoms with Crippen LogP contribution in [-0.4, -0.2) is 67.7 Å². The van der Waals surface area contributed by atoms with Crippen LogP contribution in [-0.2, 0) is 9.53 Å². The van der Waals surface area contributed by atoms with E-state index in [1.54, 1.807) is 0 Å². The Balaban J connectivity index is 1.81. The van der Waals surface area contributed by atoms with Gasteiger partial charge in [-0.15, -0.1) is 0 Å².